The lowest BCUT2D eigenvalue weighted by Gasteiger charge is -2.41. The van der Waals surface area contributed by atoms with E-state index in [0.29, 0.717) is 31.7 Å². The van der Waals surface area contributed by atoms with Crippen LogP contribution in [-0.2, 0) is 16.1 Å². The summed E-state index contributed by atoms with van der Waals surface area (Å²) < 4.78 is 22.8. The molecule has 0 saturated carbocycles. The molecule has 10 heteroatoms. The number of aliphatic carboxylic acids is 1. The molecule has 3 N–H and O–H groups in total. The fraction of sp³-hybridized carbons (Fsp3) is 0.286. The van der Waals surface area contributed by atoms with Crippen molar-refractivity contribution in [2.45, 2.75) is 19.4 Å². The zero-order chi connectivity index (χ0) is 27.2. The Kier molecular flexibility index (Phi) is 8.76. The van der Waals surface area contributed by atoms with Gasteiger partial charge in [-0.3, -0.25) is 14.1 Å². The Morgan fingerprint density at radius 2 is 1.68 bits per heavy atom. The zero-order valence-corrected chi connectivity index (χ0v) is 22.1. The molecule has 4 rings (SSSR count). The fourth-order valence-electron chi connectivity index (χ4n) is 4.60. The molecule has 1 saturated heterocycles. The Balaban J connectivity index is 1.42. The number of fused-ring (bicyclic) bond motifs is 1. The Bertz CT molecular complexity index is 1410. The van der Waals surface area contributed by atoms with Crippen molar-refractivity contribution in [3.05, 3.63) is 77.4 Å². The largest absolute Gasteiger partial charge is 0.481 e. The molecule has 2 atom stereocenters. The van der Waals surface area contributed by atoms with E-state index in [4.69, 9.17) is 5.11 Å². The number of carbonyl (C=O) groups excluding carboxylic acids is 1. The van der Waals surface area contributed by atoms with Crippen LogP contribution in [0.15, 0.2) is 60.7 Å². The molecule has 1 heterocycles. The number of rotatable bonds is 7. The molecule has 198 valence electrons. The van der Waals surface area contributed by atoms with Crippen LogP contribution in [0.5, 0.6) is 0 Å². The molecule has 0 aromatic heterocycles. The minimum atomic E-state index is -2.29. The first-order valence-electron chi connectivity index (χ1n) is 12.3. The molecular weight excluding hydrogens is 504 g/mol. The molecule has 38 heavy (non-hydrogen) atoms. The van der Waals surface area contributed by atoms with Gasteiger partial charge in [0, 0.05) is 61.6 Å². The highest BCUT2D eigenvalue weighted by Crippen LogP contribution is 2.22. The van der Waals surface area contributed by atoms with Gasteiger partial charge in [0.2, 0.25) is 11.3 Å². The van der Waals surface area contributed by atoms with Crippen LogP contribution < -0.4 is 10.2 Å². The van der Waals surface area contributed by atoms with Gasteiger partial charge in [0.25, 0.3) is 5.91 Å². The van der Waals surface area contributed by atoms with Gasteiger partial charge in [0.1, 0.15) is 0 Å². The molecule has 1 amide bonds. The van der Waals surface area contributed by atoms with Crippen molar-refractivity contribution in [3.63, 3.8) is 0 Å². The Hall–Kier alpha value is -3.75. The zero-order valence-electron chi connectivity index (χ0n) is 21.3. The normalized spacial score (nSPS) is 15.5. The minimum absolute atomic E-state index is 0.135. The number of carboxylic acids is 1. The van der Waals surface area contributed by atoms with Crippen LogP contribution in [0.25, 0.3) is 10.8 Å². The molecule has 0 radical (unpaired) electrons. The van der Waals surface area contributed by atoms with Crippen molar-refractivity contribution >= 4 is 39.6 Å². The number of carbonyl (C=O) groups is 2. The molecule has 0 aliphatic carbocycles. The van der Waals surface area contributed by atoms with E-state index in [9.17, 15) is 18.4 Å². The lowest BCUT2D eigenvalue weighted by molar-refractivity contribution is -0.139. The van der Waals surface area contributed by atoms with E-state index in [-0.39, 0.29) is 12.3 Å². The maximum absolute atomic E-state index is 12.2. The lowest BCUT2D eigenvalue weighted by Crippen LogP contribution is -2.57. The minimum Gasteiger partial charge on any atom is -0.481 e. The number of amides is 1. The van der Waals surface area contributed by atoms with E-state index in [2.05, 4.69) is 22.1 Å². The molecule has 3 aromatic carbocycles. The molecule has 0 bridgehead atoms. The monoisotopic (exact) mass is 534 g/mol. The number of nitrogens with one attached hydrogen (secondary N) is 1. The molecule has 3 aromatic rings. The predicted molar refractivity (Wildman–Crippen MR) is 148 cm³/mol. The number of carboxylic acid groups (broad SMARTS) is 1. The summed E-state index contributed by atoms with van der Waals surface area (Å²) in [6, 6.07) is 18.8. The van der Waals surface area contributed by atoms with Gasteiger partial charge < -0.3 is 15.3 Å². The van der Waals surface area contributed by atoms with Gasteiger partial charge in [-0.05, 0) is 60.2 Å². The van der Waals surface area contributed by atoms with Crippen LogP contribution in [-0.4, -0.2) is 74.4 Å². The highest BCUT2D eigenvalue weighted by atomic mass is 32.2. The second kappa shape index (κ2) is 12.2. The number of benzene rings is 3. The highest BCUT2D eigenvalue weighted by Gasteiger charge is 2.30. The first-order valence-corrected chi connectivity index (χ1v) is 13.3. The van der Waals surface area contributed by atoms with Crippen molar-refractivity contribution in [1.82, 2.24) is 14.7 Å². The summed E-state index contributed by atoms with van der Waals surface area (Å²) >= 11 is -2.29. The summed E-state index contributed by atoms with van der Waals surface area (Å²) in [4.78, 5) is 25.5. The summed E-state index contributed by atoms with van der Waals surface area (Å²) in [7, 11) is 1.61. The summed E-state index contributed by atoms with van der Waals surface area (Å²) in [5, 5.41) is 15.3. The Morgan fingerprint density at radius 3 is 2.32 bits per heavy atom. The second-order valence-electron chi connectivity index (χ2n) is 9.04. The number of hydrazine groups is 1. The van der Waals surface area contributed by atoms with E-state index in [1.54, 1.807) is 25.0 Å². The molecular formula is C28H30N4O5S. The molecule has 2 unspecified atom stereocenters. The average Bonchev–Trinajstić information content (AvgIpc) is 2.91. The maximum Gasteiger partial charge on any atom is 0.305 e. The van der Waals surface area contributed by atoms with E-state index in [1.165, 1.54) is 4.41 Å². The lowest BCUT2D eigenvalue weighted by atomic mass is 10.0. The van der Waals surface area contributed by atoms with Crippen LogP contribution in [0.3, 0.4) is 0 Å². The maximum atomic E-state index is 12.2. The third-order valence-corrected chi connectivity index (χ3v) is 7.39. The predicted octanol–water partition coefficient (Wildman–Crippen LogP) is 2.94. The van der Waals surface area contributed by atoms with Crippen molar-refractivity contribution < 1.29 is 23.5 Å². The van der Waals surface area contributed by atoms with E-state index >= 15 is 0 Å². The molecule has 1 aliphatic heterocycles. The topological polar surface area (TPSA) is 113 Å². The number of hydrogen-bond donors (Lipinski definition) is 3. The van der Waals surface area contributed by atoms with E-state index in [0.717, 1.165) is 27.6 Å². The first-order chi connectivity index (χ1) is 18.3. The molecule has 1 fully saturated rings. The summed E-state index contributed by atoms with van der Waals surface area (Å²) in [6.45, 7) is 3.88. The van der Waals surface area contributed by atoms with Gasteiger partial charge in [-0.1, -0.05) is 30.0 Å². The summed E-state index contributed by atoms with van der Waals surface area (Å²) in [5.74, 6) is 5.23. The van der Waals surface area contributed by atoms with Gasteiger partial charge in [0.05, 0.1) is 6.42 Å². The molecule has 0 spiro atoms. The highest BCUT2D eigenvalue weighted by molar-refractivity contribution is 7.76. The third-order valence-electron chi connectivity index (χ3n) is 6.48. The summed E-state index contributed by atoms with van der Waals surface area (Å²) in [6.07, 6.45) is -0.219. The van der Waals surface area contributed by atoms with Gasteiger partial charge in [-0.25, -0.2) is 9.22 Å². The van der Waals surface area contributed by atoms with E-state index < -0.39 is 23.3 Å². The number of piperazine rings is 1. The SMILES string of the molecule is CNC(=O)c1cccc2ccc(C#Cc3ccc(N4CCN(N(C(C)CC(=O)O)S(=O)O)CC4)cc3)cc12. The van der Waals surface area contributed by atoms with Crippen LogP contribution in [0.1, 0.15) is 34.8 Å². The van der Waals surface area contributed by atoms with Crippen molar-refractivity contribution in [1.29, 1.82) is 0 Å². The number of hydrogen-bond acceptors (Lipinski definition) is 5. The Morgan fingerprint density at radius 1 is 1.03 bits per heavy atom. The van der Waals surface area contributed by atoms with E-state index in [1.807, 2.05) is 54.6 Å². The average molecular weight is 535 g/mol. The second-order valence-corrected chi connectivity index (χ2v) is 9.87. The van der Waals surface area contributed by atoms with Crippen molar-refractivity contribution in [3.8, 4) is 11.8 Å². The van der Waals surface area contributed by atoms with Crippen LogP contribution >= 0.6 is 0 Å². The smallest absolute Gasteiger partial charge is 0.305 e. The van der Waals surface area contributed by atoms with Crippen molar-refractivity contribution in [2.24, 2.45) is 0 Å². The number of anilines is 1. The quantitative estimate of drug-likeness (QED) is 0.316. The van der Waals surface area contributed by atoms with Gasteiger partial charge in [-0.15, -0.1) is 4.41 Å². The van der Waals surface area contributed by atoms with Crippen LogP contribution in [0, 0.1) is 11.8 Å². The molecule has 1 aliphatic rings. The van der Waals surface area contributed by atoms with Gasteiger partial charge in [-0.2, -0.15) is 0 Å². The van der Waals surface area contributed by atoms with Gasteiger partial charge in [0.15, 0.2) is 0 Å². The summed E-state index contributed by atoms with van der Waals surface area (Å²) in [5.41, 5.74) is 3.31. The first kappa shape index (κ1) is 27.3. The van der Waals surface area contributed by atoms with Crippen molar-refractivity contribution in [2.75, 3.05) is 38.1 Å². The van der Waals surface area contributed by atoms with Crippen LogP contribution in [0.2, 0.25) is 0 Å². The molecule has 9 nitrogen and oxygen atoms in total. The van der Waals surface area contributed by atoms with Crippen LogP contribution in [0.4, 0.5) is 5.69 Å². The van der Waals surface area contributed by atoms with Gasteiger partial charge >= 0.3 is 5.97 Å². The third kappa shape index (κ3) is 6.38. The standard InChI is InChI=1S/C28H30N4O5S/c1-20(18-27(33)34)32(38(36)37)31-16-14-30(15-17-31)24-12-9-21(10-13-24)6-7-22-8-11-23-4-3-5-25(26(23)19-22)28(35)29-2/h3-5,8-13,19-20H,14-18H2,1-2H3,(H,29,35)(H,33,34)(H,36,37). The number of nitrogens with zero attached hydrogens (tertiary/aromatic N) is 3. The fourth-order valence-corrected chi connectivity index (χ4v) is 5.34. The Labute approximate surface area is 224 Å².